The molecule has 1 aromatic carbocycles. The molecule has 2 aromatic rings. The predicted octanol–water partition coefficient (Wildman–Crippen LogP) is 3.09. The van der Waals surface area contributed by atoms with Gasteiger partial charge >= 0.3 is 0 Å². The summed E-state index contributed by atoms with van der Waals surface area (Å²) in [6.07, 6.45) is 1.82. The van der Waals surface area contributed by atoms with Gasteiger partial charge in [0.25, 0.3) is 5.91 Å². The molecule has 0 atom stereocenters. The lowest BCUT2D eigenvalue weighted by molar-refractivity contribution is -0.113. The molecule has 30 heavy (non-hydrogen) atoms. The van der Waals surface area contributed by atoms with Crippen LogP contribution >= 0.6 is 0 Å². The number of Topliss-reactive ketones (excluding diaryl/α,β-unsaturated/α-hetero) is 1. The summed E-state index contributed by atoms with van der Waals surface area (Å²) in [5, 5.41) is 0. The number of halogens is 1. The van der Waals surface area contributed by atoms with Gasteiger partial charge in [-0.05, 0) is 29.8 Å². The van der Waals surface area contributed by atoms with E-state index in [0.717, 1.165) is 5.56 Å². The topological polar surface area (TPSA) is 80.7 Å². The fourth-order valence-corrected chi connectivity index (χ4v) is 3.77. The summed E-state index contributed by atoms with van der Waals surface area (Å²) in [5.41, 5.74) is 8.45. The van der Waals surface area contributed by atoms with Gasteiger partial charge in [0.15, 0.2) is 5.78 Å². The van der Waals surface area contributed by atoms with Crippen LogP contribution in [0.2, 0.25) is 0 Å². The number of allylic oxidation sites excluding steroid dienone is 1. The van der Waals surface area contributed by atoms with Crippen LogP contribution in [0.15, 0.2) is 58.9 Å². The van der Waals surface area contributed by atoms with Gasteiger partial charge in [0.1, 0.15) is 11.5 Å². The van der Waals surface area contributed by atoms with Crippen molar-refractivity contribution in [1.29, 1.82) is 0 Å². The van der Waals surface area contributed by atoms with Crippen molar-refractivity contribution >= 4 is 17.4 Å². The zero-order valence-electron chi connectivity index (χ0n) is 17.8. The SMILES string of the molecule is CC(=O)/C(N)=C1\CN(C(=O)c2cccn2C)CC(C)(C)C1=NCc1ccc(F)cc1. The fraction of sp³-hybridized carbons (Fsp3) is 0.348. The van der Waals surface area contributed by atoms with Crippen LogP contribution in [0, 0.1) is 11.2 Å². The molecule has 1 fully saturated rings. The van der Waals surface area contributed by atoms with Crippen molar-refractivity contribution in [2.24, 2.45) is 23.2 Å². The molecule has 158 valence electrons. The molecule has 2 heterocycles. The Kier molecular flexibility index (Phi) is 5.92. The predicted molar refractivity (Wildman–Crippen MR) is 115 cm³/mol. The first-order valence-corrected chi connectivity index (χ1v) is 9.80. The second-order valence-corrected chi connectivity index (χ2v) is 8.29. The number of nitrogens with zero attached hydrogens (tertiary/aromatic N) is 3. The summed E-state index contributed by atoms with van der Waals surface area (Å²) in [6.45, 7) is 6.35. The summed E-state index contributed by atoms with van der Waals surface area (Å²) in [6, 6.07) is 9.73. The van der Waals surface area contributed by atoms with Crippen LogP contribution in [0.5, 0.6) is 0 Å². The molecular formula is C23H27FN4O2. The fourth-order valence-electron chi connectivity index (χ4n) is 3.77. The van der Waals surface area contributed by atoms with Crippen molar-refractivity contribution in [2.45, 2.75) is 27.3 Å². The van der Waals surface area contributed by atoms with E-state index in [4.69, 9.17) is 10.7 Å². The maximum Gasteiger partial charge on any atom is 0.270 e. The lowest BCUT2D eigenvalue weighted by atomic mass is 9.78. The highest BCUT2D eigenvalue weighted by atomic mass is 19.1. The summed E-state index contributed by atoms with van der Waals surface area (Å²) < 4.78 is 15.0. The minimum absolute atomic E-state index is 0.116. The molecule has 0 aliphatic carbocycles. The van der Waals surface area contributed by atoms with Crippen LogP contribution < -0.4 is 5.73 Å². The van der Waals surface area contributed by atoms with Gasteiger partial charge < -0.3 is 15.2 Å². The number of ketones is 1. The van der Waals surface area contributed by atoms with Gasteiger partial charge in [0.05, 0.1) is 18.8 Å². The van der Waals surface area contributed by atoms with E-state index in [1.807, 2.05) is 33.2 Å². The number of piperidine rings is 1. The van der Waals surface area contributed by atoms with Crippen LogP contribution in [0.4, 0.5) is 4.39 Å². The Morgan fingerprint density at radius 2 is 1.87 bits per heavy atom. The number of carbonyl (C=O) groups excluding carboxylic acids is 2. The maximum absolute atomic E-state index is 13.2. The van der Waals surface area contributed by atoms with Crippen molar-refractivity contribution in [1.82, 2.24) is 9.47 Å². The van der Waals surface area contributed by atoms with Crippen LogP contribution in [-0.4, -0.2) is 40.0 Å². The Balaban J connectivity index is 1.98. The number of aliphatic imine (C=N–C) groups is 1. The Morgan fingerprint density at radius 1 is 1.20 bits per heavy atom. The van der Waals surface area contributed by atoms with Crippen LogP contribution in [-0.2, 0) is 18.4 Å². The van der Waals surface area contributed by atoms with Gasteiger partial charge in [-0.25, -0.2) is 4.39 Å². The molecule has 7 heteroatoms. The summed E-state index contributed by atoms with van der Waals surface area (Å²) >= 11 is 0. The average Bonchev–Trinajstić information content (AvgIpc) is 3.11. The van der Waals surface area contributed by atoms with E-state index in [2.05, 4.69) is 0 Å². The van der Waals surface area contributed by atoms with E-state index in [-0.39, 0.29) is 29.7 Å². The van der Waals surface area contributed by atoms with Crippen molar-refractivity contribution in [3.8, 4) is 0 Å². The molecular weight excluding hydrogens is 383 g/mol. The smallest absolute Gasteiger partial charge is 0.270 e. The van der Waals surface area contributed by atoms with Gasteiger partial charge in [-0.15, -0.1) is 0 Å². The Hall–Kier alpha value is -3.22. The molecule has 2 N–H and O–H groups in total. The van der Waals surface area contributed by atoms with E-state index in [0.29, 0.717) is 30.1 Å². The van der Waals surface area contributed by atoms with Crippen molar-refractivity contribution < 1.29 is 14.0 Å². The van der Waals surface area contributed by atoms with Crippen LogP contribution in [0.3, 0.4) is 0 Å². The minimum Gasteiger partial charge on any atom is -0.396 e. The molecule has 1 aliphatic rings. The number of rotatable bonds is 4. The molecule has 0 bridgehead atoms. The third kappa shape index (κ3) is 4.35. The third-order valence-corrected chi connectivity index (χ3v) is 5.35. The normalized spacial score (nSPS) is 19.1. The number of amides is 1. The highest BCUT2D eigenvalue weighted by molar-refractivity contribution is 6.12. The highest BCUT2D eigenvalue weighted by Crippen LogP contribution is 2.32. The number of aromatic nitrogens is 1. The first-order valence-electron chi connectivity index (χ1n) is 9.80. The van der Waals surface area contributed by atoms with E-state index >= 15 is 0 Å². The summed E-state index contributed by atoms with van der Waals surface area (Å²) in [4.78, 5) is 31.7. The van der Waals surface area contributed by atoms with Gasteiger partial charge in [0, 0.05) is 43.4 Å². The van der Waals surface area contributed by atoms with Gasteiger partial charge in [-0.3, -0.25) is 14.6 Å². The molecule has 1 saturated heterocycles. The zero-order chi connectivity index (χ0) is 22.1. The number of likely N-dealkylation sites (tertiary alicyclic amines) is 1. The molecule has 0 unspecified atom stereocenters. The number of benzene rings is 1. The number of carbonyl (C=O) groups is 2. The molecule has 0 radical (unpaired) electrons. The third-order valence-electron chi connectivity index (χ3n) is 5.35. The Labute approximate surface area is 175 Å². The number of aryl methyl sites for hydroxylation is 1. The largest absolute Gasteiger partial charge is 0.396 e. The van der Waals surface area contributed by atoms with E-state index in [9.17, 15) is 14.0 Å². The summed E-state index contributed by atoms with van der Waals surface area (Å²) in [5.74, 6) is -0.689. The van der Waals surface area contributed by atoms with E-state index < -0.39 is 5.41 Å². The molecule has 1 amide bonds. The van der Waals surface area contributed by atoms with E-state index in [1.165, 1.54) is 19.1 Å². The van der Waals surface area contributed by atoms with Gasteiger partial charge in [0.2, 0.25) is 0 Å². The lowest BCUT2D eigenvalue weighted by Gasteiger charge is -2.41. The molecule has 6 nitrogen and oxygen atoms in total. The van der Waals surface area contributed by atoms with E-state index in [1.54, 1.807) is 27.7 Å². The molecule has 0 saturated carbocycles. The van der Waals surface area contributed by atoms with Gasteiger partial charge in [-0.2, -0.15) is 0 Å². The molecule has 1 aliphatic heterocycles. The molecule has 1 aromatic heterocycles. The van der Waals surface area contributed by atoms with Crippen LogP contribution in [0.25, 0.3) is 0 Å². The van der Waals surface area contributed by atoms with Gasteiger partial charge in [-0.1, -0.05) is 26.0 Å². The number of nitrogens with two attached hydrogens (primary N) is 1. The number of hydrogen-bond donors (Lipinski definition) is 1. The lowest BCUT2D eigenvalue weighted by Crippen LogP contribution is -2.51. The standard InChI is InChI=1S/C23H27FN4O2/c1-15(29)20(25)18-13-28(22(30)19-6-5-11-27(19)4)14-23(2,3)21(18)26-12-16-7-9-17(24)10-8-16/h5-11H,12-14,25H2,1-4H3/b20-18-,26-21?. The van der Waals surface area contributed by atoms with Crippen molar-refractivity contribution in [3.05, 3.63) is 70.9 Å². The highest BCUT2D eigenvalue weighted by Gasteiger charge is 2.39. The van der Waals surface area contributed by atoms with Crippen molar-refractivity contribution in [3.63, 3.8) is 0 Å². The van der Waals surface area contributed by atoms with Crippen LogP contribution in [0.1, 0.15) is 36.8 Å². The number of hydrogen-bond acceptors (Lipinski definition) is 4. The second-order valence-electron chi connectivity index (χ2n) is 8.29. The van der Waals surface area contributed by atoms with Crippen molar-refractivity contribution in [2.75, 3.05) is 13.1 Å². The maximum atomic E-state index is 13.2. The molecule has 3 rings (SSSR count). The minimum atomic E-state index is -0.519. The second kappa shape index (κ2) is 8.26. The Morgan fingerprint density at radius 3 is 2.43 bits per heavy atom. The summed E-state index contributed by atoms with van der Waals surface area (Å²) in [7, 11) is 1.82. The Bertz CT molecular complexity index is 1030. The average molecular weight is 410 g/mol. The quantitative estimate of drug-likeness (QED) is 0.787. The first kappa shape index (κ1) is 21.5. The zero-order valence-corrected chi connectivity index (χ0v) is 17.8. The monoisotopic (exact) mass is 410 g/mol. The molecule has 0 spiro atoms. The first-order chi connectivity index (χ1) is 14.1.